The second-order valence-corrected chi connectivity index (χ2v) is 12.9. The van der Waals surface area contributed by atoms with Crippen LogP contribution < -0.4 is 10.5 Å². The van der Waals surface area contributed by atoms with Crippen LogP contribution in [0.4, 0.5) is 0 Å². The van der Waals surface area contributed by atoms with Crippen LogP contribution in [0.15, 0.2) is 137 Å². The molecule has 6 aromatic rings. The van der Waals surface area contributed by atoms with Gasteiger partial charge < -0.3 is 15.0 Å². The number of rotatable bonds is 9. The molecule has 0 amide bonds. The summed E-state index contributed by atoms with van der Waals surface area (Å²) in [4.78, 5) is 9.87. The highest BCUT2D eigenvalue weighted by atomic mass is 16.5. The zero-order valence-electron chi connectivity index (χ0n) is 29.4. The van der Waals surface area contributed by atoms with Gasteiger partial charge >= 0.3 is 0 Å². The maximum atomic E-state index is 6.84. The predicted octanol–water partition coefficient (Wildman–Crippen LogP) is 10.7. The van der Waals surface area contributed by atoms with E-state index in [0.717, 1.165) is 57.1 Å². The number of ether oxygens (including phenoxy) is 1. The van der Waals surface area contributed by atoms with Crippen LogP contribution in [0.1, 0.15) is 67.9 Å². The fourth-order valence-electron chi connectivity index (χ4n) is 7.46. The van der Waals surface area contributed by atoms with Gasteiger partial charge in [0.05, 0.1) is 28.9 Å². The summed E-state index contributed by atoms with van der Waals surface area (Å²) in [5, 5.41) is 4.74. The number of aromatic nitrogens is 1. The van der Waals surface area contributed by atoms with E-state index < -0.39 is 0 Å². The lowest BCUT2D eigenvalue weighted by molar-refractivity contribution is 0.241. The summed E-state index contributed by atoms with van der Waals surface area (Å²) >= 11 is 0. The van der Waals surface area contributed by atoms with E-state index >= 15 is 0 Å². The number of nitrogens with two attached hydrogens (primary N) is 1. The average molecular weight is 657 g/mol. The van der Waals surface area contributed by atoms with Crippen molar-refractivity contribution in [1.82, 2.24) is 4.57 Å². The second kappa shape index (κ2) is 14.0. The lowest BCUT2D eigenvalue weighted by atomic mass is 9.82. The Labute approximate surface area is 294 Å². The van der Waals surface area contributed by atoms with Crippen LogP contribution in [-0.4, -0.2) is 22.3 Å². The molecule has 0 saturated heterocycles. The standard InChI is InChI=1S/C45H44N4O/c1-6-10-18-32(8-3)45(47-28-30-16-12-11-13-17-30)48-44(46)34-23-24-36-39(27-34)49(9-4)38-26-25-37-40(29(5)50-43(37)42(36)38)41-31(7-2)21-22-33-19-14-15-20-35(33)41/h6,9-27,29,40H,4,7-8,28H2,1-3,5H3,(H2,46,47,48)/b10-6-,32-18+. The highest BCUT2D eigenvalue weighted by Crippen LogP contribution is 2.50. The van der Waals surface area contributed by atoms with Gasteiger partial charge in [0.1, 0.15) is 17.7 Å². The van der Waals surface area contributed by atoms with Crippen molar-refractivity contribution in [3.8, 4) is 5.75 Å². The van der Waals surface area contributed by atoms with Gasteiger partial charge in [0.25, 0.3) is 0 Å². The molecule has 0 bridgehead atoms. The quantitative estimate of drug-likeness (QED) is 0.0956. The van der Waals surface area contributed by atoms with Crippen molar-refractivity contribution in [3.05, 3.63) is 155 Å². The molecule has 5 nitrogen and oxygen atoms in total. The van der Waals surface area contributed by atoms with Crippen molar-refractivity contribution in [2.75, 3.05) is 0 Å². The molecule has 50 heavy (non-hydrogen) atoms. The molecule has 0 aliphatic carbocycles. The summed E-state index contributed by atoms with van der Waals surface area (Å²) in [6.07, 6.45) is 9.68. The number of hydrogen-bond acceptors (Lipinski definition) is 2. The normalized spacial score (nSPS) is 16.8. The number of nitrogens with zero attached hydrogens (tertiary/aromatic N) is 3. The first-order valence-electron chi connectivity index (χ1n) is 17.6. The van der Waals surface area contributed by atoms with Crippen molar-refractivity contribution >= 4 is 50.4 Å². The van der Waals surface area contributed by atoms with Gasteiger partial charge in [-0.15, -0.1) is 0 Å². The molecule has 5 heteroatoms. The van der Waals surface area contributed by atoms with Crippen LogP contribution in [0.3, 0.4) is 0 Å². The number of fused-ring (bicyclic) bond motifs is 6. The summed E-state index contributed by atoms with van der Waals surface area (Å²) < 4.78 is 8.97. The maximum Gasteiger partial charge on any atom is 0.153 e. The van der Waals surface area contributed by atoms with E-state index in [1.165, 1.54) is 27.5 Å². The van der Waals surface area contributed by atoms with Gasteiger partial charge in [0.15, 0.2) is 5.84 Å². The fraction of sp³-hybridized carbons (Fsp3) is 0.200. The topological polar surface area (TPSA) is 64.9 Å². The Morgan fingerprint density at radius 3 is 2.48 bits per heavy atom. The molecule has 2 heterocycles. The van der Waals surface area contributed by atoms with Crippen LogP contribution in [-0.2, 0) is 13.0 Å². The van der Waals surface area contributed by atoms with Gasteiger partial charge in [-0.1, -0.05) is 124 Å². The van der Waals surface area contributed by atoms with E-state index in [4.69, 9.17) is 20.5 Å². The third-order valence-electron chi connectivity index (χ3n) is 9.93. The molecule has 0 saturated carbocycles. The molecule has 250 valence electrons. The third kappa shape index (κ3) is 5.83. The van der Waals surface area contributed by atoms with Crippen LogP contribution in [0, 0.1) is 0 Å². The summed E-state index contributed by atoms with van der Waals surface area (Å²) in [6, 6.07) is 34.2. The Bertz CT molecular complexity index is 2360. The highest BCUT2D eigenvalue weighted by Gasteiger charge is 2.37. The zero-order chi connectivity index (χ0) is 34.8. The number of aliphatic imine (C=N–C) groups is 2. The first-order chi connectivity index (χ1) is 24.5. The number of amidine groups is 2. The Morgan fingerprint density at radius 2 is 1.72 bits per heavy atom. The van der Waals surface area contributed by atoms with Gasteiger partial charge in [-0.3, -0.25) is 4.99 Å². The zero-order valence-corrected chi connectivity index (χ0v) is 29.4. The van der Waals surface area contributed by atoms with Crippen LogP contribution in [0.2, 0.25) is 0 Å². The van der Waals surface area contributed by atoms with E-state index in [2.05, 4.69) is 117 Å². The molecule has 2 unspecified atom stereocenters. The van der Waals surface area contributed by atoms with E-state index in [1.807, 2.05) is 43.5 Å². The van der Waals surface area contributed by atoms with Crippen molar-refractivity contribution in [2.24, 2.45) is 15.7 Å². The number of aryl methyl sites for hydroxylation is 1. The first kappa shape index (κ1) is 32.8. The minimum atomic E-state index is -0.0205. The van der Waals surface area contributed by atoms with Crippen LogP contribution >= 0.6 is 0 Å². The SMILES string of the molecule is C=Cn1c2cc(/C(N)=N/C(=N\Cc3ccccc3)C(=C/C=C\C)/CC)ccc2c2c3c(ccc21)C(c1c(CC)ccc2ccccc12)C(C)O3. The summed E-state index contributed by atoms with van der Waals surface area (Å²) in [6.45, 7) is 13.3. The molecule has 2 atom stereocenters. The summed E-state index contributed by atoms with van der Waals surface area (Å²) in [7, 11) is 0. The van der Waals surface area contributed by atoms with Gasteiger partial charge in [-0.05, 0) is 71.9 Å². The monoisotopic (exact) mass is 656 g/mol. The maximum absolute atomic E-state index is 6.84. The molecule has 0 radical (unpaired) electrons. The van der Waals surface area contributed by atoms with E-state index in [-0.39, 0.29) is 12.0 Å². The Morgan fingerprint density at radius 1 is 0.920 bits per heavy atom. The second-order valence-electron chi connectivity index (χ2n) is 12.9. The van der Waals surface area contributed by atoms with E-state index in [1.54, 1.807) is 0 Å². The average Bonchev–Trinajstić information content (AvgIpc) is 3.66. The van der Waals surface area contributed by atoms with Gasteiger partial charge in [0.2, 0.25) is 0 Å². The van der Waals surface area contributed by atoms with Crippen LogP contribution in [0.25, 0.3) is 38.8 Å². The summed E-state index contributed by atoms with van der Waals surface area (Å²) in [5.74, 6) is 2.13. The van der Waals surface area contributed by atoms with E-state index in [9.17, 15) is 0 Å². The molecular weight excluding hydrogens is 613 g/mol. The van der Waals surface area contributed by atoms with Gasteiger partial charge in [0, 0.05) is 22.7 Å². The minimum Gasteiger partial charge on any atom is -0.489 e. The fourth-order valence-corrected chi connectivity index (χ4v) is 7.46. The van der Waals surface area contributed by atoms with Crippen molar-refractivity contribution < 1.29 is 4.74 Å². The minimum absolute atomic E-state index is 0.0205. The Kier molecular flexibility index (Phi) is 9.23. The van der Waals surface area contributed by atoms with Crippen molar-refractivity contribution in [3.63, 3.8) is 0 Å². The lowest BCUT2D eigenvalue weighted by Gasteiger charge is -2.21. The smallest absolute Gasteiger partial charge is 0.153 e. The van der Waals surface area contributed by atoms with Crippen molar-refractivity contribution in [1.29, 1.82) is 0 Å². The van der Waals surface area contributed by atoms with Gasteiger partial charge in [-0.2, -0.15) is 0 Å². The van der Waals surface area contributed by atoms with Crippen molar-refractivity contribution in [2.45, 2.75) is 59.1 Å². The molecule has 7 rings (SSSR count). The molecule has 0 fully saturated rings. The lowest BCUT2D eigenvalue weighted by Crippen LogP contribution is -2.17. The van der Waals surface area contributed by atoms with Gasteiger partial charge in [-0.25, -0.2) is 4.99 Å². The molecular formula is C45H44N4O. The highest BCUT2D eigenvalue weighted by molar-refractivity contribution is 6.16. The first-order valence-corrected chi connectivity index (χ1v) is 17.6. The number of allylic oxidation sites excluding steroid dienone is 3. The van der Waals surface area contributed by atoms with E-state index in [0.29, 0.717) is 18.2 Å². The molecule has 5 aromatic carbocycles. The number of hydrogen-bond donors (Lipinski definition) is 1. The number of benzene rings is 5. The Hall–Kier alpha value is -5.68. The molecule has 1 aliphatic heterocycles. The van der Waals surface area contributed by atoms with Crippen LogP contribution in [0.5, 0.6) is 5.75 Å². The molecule has 1 aliphatic rings. The summed E-state index contributed by atoms with van der Waals surface area (Å²) in [5.41, 5.74) is 15.8. The predicted molar refractivity (Wildman–Crippen MR) is 213 cm³/mol. The molecule has 0 spiro atoms. The Balaban J connectivity index is 1.35. The molecule has 2 N–H and O–H groups in total. The largest absolute Gasteiger partial charge is 0.489 e. The molecule has 1 aromatic heterocycles. The third-order valence-corrected chi connectivity index (χ3v) is 9.93.